The van der Waals surface area contributed by atoms with Crippen molar-refractivity contribution in [2.45, 2.75) is 19.6 Å². The summed E-state index contributed by atoms with van der Waals surface area (Å²) in [4.78, 5) is 7.54. The predicted molar refractivity (Wildman–Crippen MR) is 76.3 cm³/mol. The summed E-state index contributed by atoms with van der Waals surface area (Å²) >= 11 is 7.49. The van der Waals surface area contributed by atoms with Gasteiger partial charge in [-0.25, -0.2) is 0 Å². The molecule has 0 aliphatic carbocycles. The Morgan fingerprint density at radius 2 is 2.17 bits per heavy atom. The average Bonchev–Trinajstić information content (AvgIpc) is 2.75. The molecule has 2 aromatic heterocycles. The molecule has 96 valence electrons. The number of aromatic nitrogens is 1. The maximum absolute atomic E-state index is 9.40. The first kappa shape index (κ1) is 13.3. The van der Waals surface area contributed by atoms with Crippen molar-refractivity contribution < 1.29 is 5.11 Å². The standard InChI is InChI=1S/C13H15ClN2OS/c1-9(17)12-5-3-10(7-15-12)16(2)8-11-4-6-13(14)18-11/h3-7,9,17H,8H2,1-2H3/t9-/m0/s1. The average molecular weight is 283 g/mol. The number of rotatable bonds is 4. The van der Waals surface area contributed by atoms with Crippen molar-refractivity contribution in [3.05, 3.63) is 45.4 Å². The molecular weight excluding hydrogens is 268 g/mol. The summed E-state index contributed by atoms with van der Waals surface area (Å²) in [5, 5.41) is 9.40. The van der Waals surface area contributed by atoms with Crippen molar-refractivity contribution in [2.24, 2.45) is 0 Å². The van der Waals surface area contributed by atoms with Crippen LogP contribution in [0.5, 0.6) is 0 Å². The highest BCUT2D eigenvalue weighted by atomic mass is 35.5. The van der Waals surface area contributed by atoms with Crippen molar-refractivity contribution in [1.82, 2.24) is 4.98 Å². The highest BCUT2D eigenvalue weighted by Gasteiger charge is 2.07. The van der Waals surface area contributed by atoms with E-state index in [1.54, 1.807) is 24.5 Å². The molecule has 2 heterocycles. The lowest BCUT2D eigenvalue weighted by atomic mass is 10.2. The number of pyridine rings is 1. The van der Waals surface area contributed by atoms with Crippen LogP contribution in [-0.2, 0) is 6.54 Å². The van der Waals surface area contributed by atoms with E-state index < -0.39 is 6.10 Å². The van der Waals surface area contributed by atoms with Gasteiger partial charge in [0.25, 0.3) is 0 Å². The number of halogens is 1. The van der Waals surface area contributed by atoms with Gasteiger partial charge >= 0.3 is 0 Å². The van der Waals surface area contributed by atoms with E-state index in [1.807, 2.05) is 31.3 Å². The van der Waals surface area contributed by atoms with E-state index in [2.05, 4.69) is 9.88 Å². The Morgan fingerprint density at radius 3 is 2.67 bits per heavy atom. The van der Waals surface area contributed by atoms with E-state index in [4.69, 9.17) is 11.6 Å². The number of aliphatic hydroxyl groups is 1. The molecule has 0 saturated carbocycles. The zero-order chi connectivity index (χ0) is 13.1. The van der Waals surface area contributed by atoms with Crippen molar-refractivity contribution >= 4 is 28.6 Å². The van der Waals surface area contributed by atoms with Gasteiger partial charge in [-0.2, -0.15) is 0 Å². The van der Waals surface area contributed by atoms with E-state index in [0.29, 0.717) is 5.69 Å². The molecule has 0 bridgehead atoms. The number of thiophene rings is 1. The molecule has 3 nitrogen and oxygen atoms in total. The Kier molecular flexibility index (Phi) is 4.22. The van der Waals surface area contributed by atoms with Crippen molar-refractivity contribution in [3.8, 4) is 0 Å². The molecule has 0 spiro atoms. The van der Waals surface area contributed by atoms with Crippen LogP contribution in [0.15, 0.2) is 30.5 Å². The van der Waals surface area contributed by atoms with Gasteiger partial charge in [0.2, 0.25) is 0 Å². The topological polar surface area (TPSA) is 36.4 Å². The van der Waals surface area contributed by atoms with Gasteiger partial charge in [-0.3, -0.25) is 4.98 Å². The fourth-order valence-corrected chi connectivity index (χ4v) is 2.77. The minimum Gasteiger partial charge on any atom is -0.387 e. The van der Waals surface area contributed by atoms with E-state index in [0.717, 1.165) is 16.6 Å². The van der Waals surface area contributed by atoms with Crippen LogP contribution in [0.1, 0.15) is 23.6 Å². The minimum atomic E-state index is -0.527. The van der Waals surface area contributed by atoms with Gasteiger partial charge in [0.05, 0.1) is 34.6 Å². The van der Waals surface area contributed by atoms with Crippen molar-refractivity contribution in [2.75, 3.05) is 11.9 Å². The van der Waals surface area contributed by atoms with Crippen LogP contribution < -0.4 is 4.90 Å². The Bertz CT molecular complexity index is 510. The summed E-state index contributed by atoms with van der Waals surface area (Å²) in [7, 11) is 2.01. The number of hydrogen-bond donors (Lipinski definition) is 1. The molecule has 0 amide bonds. The van der Waals surface area contributed by atoms with E-state index in [1.165, 1.54) is 4.88 Å². The SMILES string of the molecule is C[C@H](O)c1ccc(N(C)Cc2ccc(Cl)s2)cn1. The second-order valence-electron chi connectivity index (χ2n) is 4.18. The van der Waals surface area contributed by atoms with Crippen LogP contribution in [-0.4, -0.2) is 17.1 Å². The lowest BCUT2D eigenvalue weighted by Gasteiger charge is -2.18. The third-order valence-electron chi connectivity index (χ3n) is 2.66. The maximum Gasteiger partial charge on any atom is 0.0931 e. The fourth-order valence-electron chi connectivity index (χ4n) is 1.63. The quantitative estimate of drug-likeness (QED) is 0.933. The van der Waals surface area contributed by atoms with Crippen LogP contribution in [0, 0.1) is 0 Å². The molecule has 1 N–H and O–H groups in total. The van der Waals surface area contributed by atoms with Gasteiger partial charge in [0.1, 0.15) is 0 Å². The molecule has 0 saturated heterocycles. The molecular formula is C13H15ClN2OS. The lowest BCUT2D eigenvalue weighted by molar-refractivity contribution is 0.194. The molecule has 0 aliphatic heterocycles. The Morgan fingerprint density at radius 1 is 1.39 bits per heavy atom. The largest absolute Gasteiger partial charge is 0.387 e. The Hall–Kier alpha value is -1.10. The van der Waals surface area contributed by atoms with Gasteiger partial charge in [0, 0.05) is 11.9 Å². The second-order valence-corrected chi connectivity index (χ2v) is 5.98. The van der Waals surface area contributed by atoms with Gasteiger partial charge in [-0.05, 0) is 31.2 Å². The molecule has 18 heavy (non-hydrogen) atoms. The van der Waals surface area contributed by atoms with Crippen LogP contribution in [0.2, 0.25) is 4.34 Å². The van der Waals surface area contributed by atoms with Gasteiger partial charge in [0.15, 0.2) is 0 Å². The van der Waals surface area contributed by atoms with Crippen molar-refractivity contribution in [3.63, 3.8) is 0 Å². The number of anilines is 1. The zero-order valence-corrected chi connectivity index (χ0v) is 11.9. The zero-order valence-electron chi connectivity index (χ0n) is 10.3. The first-order chi connectivity index (χ1) is 8.56. The summed E-state index contributed by atoms with van der Waals surface area (Å²) in [6.07, 6.45) is 1.25. The Balaban J connectivity index is 2.06. The smallest absolute Gasteiger partial charge is 0.0931 e. The maximum atomic E-state index is 9.40. The van der Waals surface area contributed by atoms with Crippen LogP contribution in [0.3, 0.4) is 0 Å². The summed E-state index contributed by atoms with van der Waals surface area (Å²) in [5.41, 5.74) is 1.70. The lowest BCUT2D eigenvalue weighted by Crippen LogP contribution is -2.15. The van der Waals surface area contributed by atoms with Crippen LogP contribution in [0.4, 0.5) is 5.69 Å². The number of aliphatic hydroxyl groups excluding tert-OH is 1. The molecule has 0 fully saturated rings. The van der Waals surface area contributed by atoms with E-state index in [9.17, 15) is 5.11 Å². The molecule has 0 aliphatic rings. The Labute approximate surface area is 116 Å². The fraction of sp³-hybridized carbons (Fsp3) is 0.308. The summed E-state index contributed by atoms with van der Waals surface area (Å²) in [6.45, 7) is 2.51. The second kappa shape index (κ2) is 5.69. The third-order valence-corrected chi connectivity index (χ3v) is 3.88. The molecule has 1 atom stereocenters. The van der Waals surface area contributed by atoms with E-state index >= 15 is 0 Å². The highest BCUT2D eigenvalue weighted by molar-refractivity contribution is 7.16. The molecule has 5 heteroatoms. The van der Waals surface area contributed by atoms with Crippen LogP contribution in [0.25, 0.3) is 0 Å². The normalized spacial score (nSPS) is 12.4. The first-order valence-electron chi connectivity index (χ1n) is 5.65. The van der Waals surface area contributed by atoms with E-state index in [-0.39, 0.29) is 0 Å². The van der Waals surface area contributed by atoms with Gasteiger partial charge in [-0.1, -0.05) is 11.6 Å². The summed E-state index contributed by atoms with van der Waals surface area (Å²) in [6, 6.07) is 7.74. The first-order valence-corrected chi connectivity index (χ1v) is 6.85. The minimum absolute atomic E-state index is 0.527. The molecule has 2 rings (SSSR count). The third kappa shape index (κ3) is 3.22. The molecule has 0 unspecified atom stereocenters. The molecule has 0 aromatic carbocycles. The van der Waals surface area contributed by atoms with Gasteiger partial charge < -0.3 is 10.0 Å². The molecule has 2 aromatic rings. The highest BCUT2D eigenvalue weighted by Crippen LogP contribution is 2.24. The molecule has 0 radical (unpaired) electrons. The number of nitrogens with zero attached hydrogens (tertiary/aromatic N) is 2. The monoisotopic (exact) mass is 282 g/mol. The predicted octanol–water partition coefficient (Wildman–Crippen LogP) is 3.49. The number of hydrogen-bond acceptors (Lipinski definition) is 4. The van der Waals surface area contributed by atoms with Gasteiger partial charge in [-0.15, -0.1) is 11.3 Å². The summed E-state index contributed by atoms with van der Waals surface area (Å²) < 4.78 is 0.806. The summed E-state index contributed by atoms with van der Waals surface area (Å²) in [5.74, 6) is 0. The van der Waals surface area contributed by atoms with Crippen molar-refractivity contribution in [1.29, 1.82) is 0 Å². The van der Waals surface area contributed by atoms with Crippen LogP contribution >= 0.6 is 22.9 Å².